The van der Waals surface area contributed by atoms with Gasteiger partial charge in [0.25, 0.3) is 0 Å². The highest BCUT2D eigenvalue weighted by Gasteiger charge is 2.49. The molecule has 0 aromatic heterocycles. The smallest absolute Gasteiger partial charge is 0.327 e. The minimum atomic E-state index is -3.42. The molecule has 1 aliphatic rings. The number of thioether (sulfide) groups is 1. The molecule has 8 heteroatoms. The van der Waals surface area contributed by atoms with E-state index in [9.17, 15) is 23.5 Å². The van der Waals surface area contributed by atoms with E-state index in [0.717, 1.165) is 12.1 Å². The number of rotatable bonds is 2. The lowest BCUT2D eigenvalue weighted by Gasteiger charge is -2.14. The van der Waals surface area contributed by atoms with Gasteiger partial charge in [-0.15, -0.1) is 0 Å². The molecule has 0 aliphatic carbocycles. The van der Waals surface area contributed by atoms with Gasteiger partial charge in [0, 0.05) is 21.5 Å². The molecule has 0 amide bonds. The molecule has 0 saturated heterocycles. The van der Waals surface area contributed by atoms with E-state index in [2.05, 4.69) is 0 Å². The number of alkyl halides is 2. The summed E-state index contributed by atoms with van der Waals surface area (Å²) >= 11 is 5.90. The minimum absolute atomic E-state index is 0.0124. The largest absolute Gasteiger partial charge is 0.456 e. The van der Waals surface area contributed by atoms with Crippen LogP contribution in [0.1, 0.15) is 17.2 Å². The van der Waals surface area contributed by atoms with Gasteiger partial charge in [-0.1, -0.05) is 11.6 Å². The molecule has 3 nitrogen and oxygen atoms in total. The van der Waals surface area contributed by atoms with E-state index >= 15 is 0 Å². The Balaban J connectivity index is 2.06. The Morgan fingerprint density at radius 3 is 2.70 bits per heavy atom. The van der Waals surface area contributed by atoms with Gasteiger partial charge in [0.15, 0.2) is 6.10 Å². The van der Waals surface area contributed by atoms with Crippen LogP contribution in [0.4, 0.5) is 13.2 Å². The van der Waals surface area contributed by atoms with Crippen LogP contribution in [-0.4, -0.2) is 10.4 Å². The maximum atomic E-state index is 13.6. The number of benzene rings is 2. The maximum absolute atomic E-state index is 13.6. The van der Waals surface area contributed by atoms with E-state index < -0.39 is 17.2 Å². The van der Waals surface area contributed by atoms with E-state index in [0.29, 0.717) is 0 Å². The van der Waals surface area contributed by atoms with Crippen LogP contribution < -0.4 is 4.74 Å². The molecule has 1 unspecified atom stereocenters. The quantitative estimate of drug-likeness (QED) is 0.832. The van der Waals surface area contributed by atoms with Crippen molar-refractivity contribution in [3.63, 3.8) is 0 Å². The third-order valence-electron chi connectivity index (χ3n) is 3.18. The van der Waals surface area contributed by atoms with E-state index in [1.54, 1.807) is 6.07 Å². The molecule has 1 N–H and O–H groups in total. The number of nitriles is 1. The number of aliphatic hydroxyl groups is 1. The number of ether oxygens (including phenoxy) is 1. The molecule has 23 heavy (non-hydrogen) atoms. The van der Waals surface area contributed by atoms with Gasteiger partial charge < -0.3 is 9.84 Å². The van der Waals surface area contributed by atoms with Crippen molar-refractivity contribution in [3.05, 3.63) is 52.3 Å². The second-order valence-corrected chi connectivity index (χ2v) is 6.36. The summed E-state index contributed by atoms with van der Waals surface area (Å²) in [4.78, 5) is 0.101. The molecular formula is C15H7ClF3NO2S. The SMILES string of the molecule is N#Cc1c(Oc2cc(F)cc(Cl)c2)ccc2c1C(O)C(F)(F)S2. The topological polar surface area (TPSA) is 53.2 Å². The molecule has 1 aliphatic heterocycles. The van der Waals surface area contributed by atoms with Gasteiger partial charge in [0.2, 0.25) is 0 Å². The molecule has 2 aromatic carbocycles. The Morgan fingerprint density at radius 1 is 1.30 bits per heavy atom. The van der Waals surface area contributed by atoms with Crippen molar-refractivity contribution in [2.75, 3.05) is 0 Å². The lowest BCUT2D eigenvalue weighted by molar-refractivity contribution is -0.0311. The van der Waals surface area contributed by atoms with Crippen molar-refractivity contribution in [1.29, 1.82) is 5.26 Å². The number of halogens is 4. The number of nitrogens with zero attached hydrogens (tertiary/aromatic N) is 1. The van der Waals surface area contributed by atoms with E-state index in [1.807, 2.05) is 0 Å². The van der Waals surface area contributed by atoms with Gasteiger partial charge in [0.05, 0.1) is 0 Å². The minimum Gasteiger partial charge on any atom is -0.456 e. The Hall–Kier alpha value is -1.88. The van der Waals surface area contributed by atoms with Crippen LogP contribution in [0.25, 0.3) is 0 Å². The third kappa shape index (κ3) is 2.85. The Bertz CT molecular complexity index is 818. The number of aliphatic hydroxyl groups excluding tert-OH is 1. The fraction of sp³-hybridized carbons (Fsp3) is 0.133. The molecule has 0 radical (unpaired) electrons. The van der Waals surface area contributed by atoms with Crippen LogP contribution in [0.2, 0.25) is 5.02 Å². The Morgan fingerprint density at radius 2 is 2.04 bits per heavy atom. The Kier molecular flexibility index (Phi) is 3.92. The van der Waals surface area contributed by atoms with Gasteiger partial charge >= 0.3 is 5.25 Å². The van der Waals surface area contributed by atoms with Crippen molar-refractivity contribution >= 4 is 23.4 Å². The first kappa shape index (κ1) is 16.0. The van der Waals surface area contributed by atoms with Gasteiger partial charge in [-0.3, -0.25) is 0 Å². The van der Waals surface area contributed by atoms with Crippen molar-refractivity contribution in [3.8, 4) is 17.6 Å². The summed E-state index contributed by atoms with van der Waals surface area (Å²) in [6.07, 6.45) is -2.11. The molecule has 118 valence electrons. The average Bonchev–Trinajstić information content (AvgIpc) is 2.68. The summed E-state index contributed by atoms with van der Waals surface area (Å²) in [5.74, 6) is -0.696. The zero-order chi connectivity index (χ0) is 16.8. The molecule has 2 aromatic rings. The van der Waals surface area contributed by atoms with E-state index in [4.69, 9.17) is 16.3 Å². The zero-order valence-electron chi connectivity index (χ0n) is 11.2. The fourth-order valence-corrected chi connectivity index (χ4v) is 3.42. The van der Waals surface area contributed by atoms with Crippen LogP contribution in [0.5, 0.6) is 11.5 Å². The van der Waals surface area contributed by atoms with Crippen molar-refractivity contribution in [1.82, 2.24) is 0 Å². The summed E-state index contributed by atoms with van der Waals surface area (Å²) in [7, 11) is 0. The summed E-state index contributed by atoms with van der Waals surface area (Å²) in [6.45, 7) is 0. The van der Waals surface area contributed by atoms with Crippen molar-refractivity contribution in [2.24, 2.45) is 0 Å². The first-order valence-electron chi connectivity index (χ1n) is 6.27. The fourth-order valence-electron chi connectivity index (χ4n) is 2.23. The molecule has 0 spiro atoms. The number of hydrogen-bond donors (Lipinski definition) is 1. The predicted molar refractivity (Wildman–Crippen MR) is 78.4 cm³/mol. The average molecular weight is 358 g/mol. The zero-order valence-corrected chi connectivity index (χ0v) is 12.8. The first-order chi connectivity index (χ1) is 10.8. The van der Waals surface area contributed by atoms with E-state index in [-0.39, 0.29) is 44.3 Å². The lowest BCUT2D eigenvalue weighted by atomic mass is 10.0. The number of hydrogen-bond acceptors (Lipinski definition) is 4. The van der Waals surface area contributed by atoms with Gasteiger partial charge in [-0.2, -0.15) is 14.0 Å². The van der Waals surface area contributed by atoms with Crippen molar-refractivity contribution < 1.29 is 23.0 Å². The lowest BCUT2D eigenvalue weighted by Crippen LogP contribution is -2.16. The van der Waals surface area contributed by atoms with Gasteiger partial charge in [-0.25, -0.2) is 4.39 Å². The van der Waals surface area contributed by atoms with Crippen LogP contribution >= 0.6 is 23.4 Å². The summed E-state index contributed by atoms with van der Waals surface area (Å²) in [6, 6.07) is 7.83. The second kappa shape index (κ2) is 5.64. The first-order valence-corrected chi connectivity index (χ1v) is 7.47. The second-order valence-electron chi connectivity index (χ2n) is 4.74. The molecule has 1 heterocycles. The summed E-state index contributed by atoms with van der Waals surface area (Å²) in [5.41, 5.74) is -0.414. The van der Waals surface area contributed by atoms with Gasteiger partial charge in [-0.05, 0) is 36.0 Å². The molecular weight excluding hydrogens is 351 g/mol. The van der Waals surface area contributed by atoms with Crippen LogP contribution in [0, 0.1) is 17.1 Å². The standard InChI is InChI=1S/C15H7ClF3NO2S/c16-7-3-8(17)5-9(4-7)22-11-1-2-12-13(10(11)6-20)14(21)15(18,19)23-12/h1-5,14,21H. The monoisotopic (exact) mass is 357 g/mol. The van der Waals surface area contributed by atoms with Crippen LogP contribution in [-0.2, 0) is 0 Å². The highest BCUT2D eigenvalue weighted by Crippen LogP contribution is 2.56. The normalized spacial score (nSPS) is 18.3. The molecule has 1 atom stereocenters. The van der Waals surface area contributed by atoms with E-state index in [1.165, 1.54) is 18.2 Å². The molecule has 3 rings (SSSR count). The maximum Gasteiger partial charge on any atom is 0.327 e. The van der Waals surface area contributed by atoms with Crippen molar-refractivity contribution in [2.45, 2.75) is 16.3 Å². The predicted octanol–water partition coefficient (Wildman–Crippen LogP) is 4.87. The number of fused-ring (bicyclic) bond motifs is 1. The van der Waals surface area contributed by atoms with Crippen LogP contribution in [0.15, 0.2) is 35.2 Å². The van der Waals surface area contributed by atoms with Crippen LogP contribution in [0.3, 0.4) is 0 Å². The highest BCUT2D eigenvalue weighted by molar-refractivity contribution is 8.00. The summed E-state index contributed by atoms with van der Waals surface area (Å²) in [5, 5.41) is 15.7. The Labute approximate surface area is 138 Å². The summed E-state index contributed by atoms with van der Waals surface area (Å²) < 4.78 is 45.9. The third-order valence-corrected chi connectivity index (χ3v) is 4.47. The highest BCUT2D eigenvalue weighted by atomic mass is 35.5. The molecule has 0 saturated carbocycles. The molecule has 0 bridgehead atoms. The van der Waals surface area contributed by atoms with Gasteiger partial charge in [0.1, 0.15) is 28.9 Å². The molecule has 0 fully saturated rings.